The zero-order chi connectivity index (χ0) is 11.1. The van der Waals surface area contributed by atoms with Crippen LogP contribution in [0, 0.1) is 0 Å². The summed E-state index contributed by atoms with van der Waals surface area (Å²) in [6.07, 6.45) is 6.53. The summed E-state index contributed by atoms with van der Waals surface area (Å²) in [6, 6.07) is 7.42. The summed E-state index contributed by atoms with van der Waals surface area (Å²) in [5.74, 6) is -0.189. The van der Waals surface area contributed by atoms with Crippen LogP contribution in [0.2, 0.25) is 0 Å². The van der Waals surface area contributed by atoms with Crippen LogP contribution < -0.4 is 0 Å². The Hall–Kier alpha value is -2.22. The lowest BCUT2D eigenvalue weighted by molar-refractivity contribution is -0.110. The fourth-order valence-electron chi connectivity index (χ4n) is 2.00. The number of fused-ring (bicyclic) bond motifs is 2. The van der Waals surface area contributed by atoms with Crippen LogP contribution >= 0.6 is 0 Å². The van der Waals surface area contributed by atoms with Gasteiger partial charge in [-0.2, -0.15) is 0 Å². The molecule has 0 fully saturated rings. The molecular formula is C14H8O2. The fourth-order valence-corrected chi connectivity index (χ4v) is 2.00. The molecule has 76 valence electrons. The molecule has 0 unspecified atom stereocenters. The molecule has 0 aromatic heterocycles. The van der Waals surface area contributed by atoms with Crippen LogP contribution in [0.15, 0.2) is 53.6 Å². The molecule has 0 heterocycles. The zero-order valence-electron chi connectivity index (χ0n) is 8.44. The summed E-state index contributed by atoms with van der Waals surface area (Å²) in [4.78, 5) is 23.3. The van der Waals surface area contributed by atoms with Crippen LogP contribution in [-0.2, 0) is 4.79 Å². The van der Waals surface area contributed by atoms with Gasteiger partial charge in [0.2, 0.25) is 0 Å². The molecular weight excluding hydrogens is 200 g/mol. The van der Waals surface area contributed by atoms with Gasteiger partial charge in [0, 0.05) is 11.1 Å². The summed E-state index contributed by atoms with van der Waals surface area (Å²) in [5.41, 5.74) is 2.91. The second-order valence-corrected chi connectivity index (χ2v) is 3.81. The molecule has 3 rings (SSSR count). The van der Waals surface area contributed by atoms with Crippen molar-refractivity contribution in [3.05, 3.63) is 64.8 Å². The van der Waals surface area contributed by atoms with Gasteiger partial charge in [-0.25, -0.2) is 0 Å². The number of allylic oxidation sites excluding steroid dienone is 5. The van der Waals surface area contributed by atoms with Crippen LogP contribution in [0.25, 0.3) is 6.08 Å². The van der Waals surface area contributed by atoms with Crippen molar-refractivity contribution in [2.24, 2.45) is 0 Å². The number of rotatable bonds is 0. The Kier molecular flexibility index (Phi) is 1.77. The number of hydrogen-bond donors (Lipinski definition) is 0. The number of hydrogen-bond acceptors (Lipinski definition) is 2. The van der Waals surface area contributed by atoms with Gasteiger partial charge in [0.25, 0.3) is 0 Å². The minimum Gasteiger partial charge on any atom is -0.290 e. The Morgan fingerprint density at radius 1 is 0.875 bits per heavy atom. The second-order valence-electron chi connectivity index (χ2n) is 3.81. The molecule has 0 spiro atoms. The lowest BCUT2D eigenvalue weighted by Gasteiger charge is -2.17. The van der Waals surface area contributed by atoms with Gasteiger partial charge in [0.15, 0.2) is 11.6 Å². The Balaban J connectivity index is 2.27. The molecule has 2 nitrogen and oxygen atoms in total. The van der Waals surface area contributed by atoms with Gasteiger partial charge in [-0.05, 0) is 29.4 Å². The van der Waals surface area contributed by atoms with Crippen molar-refractivity contribution in [1.82, 2.24) is 0 Å². The van der Waals surface area contributed by atoms with Crippen molar-refractivity contribution in [3.63, 3.8) is 0 Å². The molecule has 2 aliphatic carbocycles. The van der Waals surface area contributed by atoms with E-state index in [-0.39, 0.29) is 11.6 Å². The van der Waals surface area contributed by atoms with Crippen molar-refractivity contribution < 1.29 is 9.59 Å². The van der Waals surface area contributed by atoms with Crippen molar-refractivity contribution >= 4 is 17.6 Å². The van der Waals surface area contributed by atoms with Gasteiger partial charge >= 0.3 is 0 Å². The number of Topliss-reactive ketones (excluding diaryl/α,β-unsaturated/α-hetero) is 1. The average Bonchev–Trinajstić information content (AvgIpc) is 2.31. The minimum absolute atomic E-state index is 0.0641. The van der Waals surface area contributed by atoms with Crippen molar-refractivity contribution in [2.75, 3.05) is 0 Å². The first-order chi connectivity index (χ1) is 7.75. The first kappa shape index (κ1) is 9.04. The van der Waals surface area contributed by atoms with E-state index in [0.717, 1.165) is 11.1 Å². The van der Waals surface area contributed by atoms with Crippen LogP contribution in [-0.4, -0.2) is 11.6 Å². The smallest absolute Gasteiger partial charge is 0.194 e. The Morgan fingerprint density at radius 3 is 2.56 bits per heavy atom. The lowest BCUT2D eigenvalue weighted by atomic mass is 9.84. The molecule has 0 saturated carbocycles. The number of carbonyl (C=O) groups is 2. The molecule has 1 aromatic rings. The molecule has 0 saturated heterocycles. The monoisotopic (exact) mass is 208 g/mol. The molecule has 0 aliphatic heterocycles. The molecule has 0 N–H and O–H groups in total. The maximum atomic E-state index is 12.1. The van der Waals surface area contributed by atoms with E-state index in [1.807, 2.05) is 24.3 Å². The molecule has 1 aromatic carbocycles. The zero-order valence-corrected chi connectivity index (χ0v) is 8.44. The maximum Gasteiger partial charge on any atom is 0.194 e. The molecule has 0 bridgehead atoms. The van der Waals surface area contributed by atoms with Gasteiger partial charge in [0.05, 0.1) is 0 Å². The van der Waals surface area contributed by atoms with E-state index in [1.54, 1.807) is 12.1 Å². The Bertz CT molecular complexity index is 601. The molecule has 2 aliphatic rings. The van der Waals surface area contributed by atoms with Gasteiger partial charge < -0.3 is 0 Å². The second kappa shape index (κ2) is 3.14. The summed E-state index contributed by atoms with van der Waals surface area (Å²) < 4.78 is 0. The third-order valence-electron chi connectivity index (χ3n) is 2.79. The van der Waals surface area contributed by atoms with Crippen molar-refractivity contribution in [1.29, 1.82) is 0 Å². The summed E-state index contributed by atoms with van der Waals surface area (Å²) in [6.45, 7) is 0. The van der Waals surface area contributed by atoms with Crippen molar-refractivity contribution in [2.45, 2.75) is 0 Å². The van der Waals surface area contributed by atoms with Crippen LogP contribution in [0.1, 0.15) is 15.9 Å². The highest BCUT2D eigenvalue weighted by Gasteiger charge is 2.24. The van der Waals surface area contributed by atoms with E-state index < -0.39 is 0 Å². The fraction of sp³-hybridized carbons (Fsp3) is 0. The van der Waals surface area contributed by atoms with Crippen LogP contribution in [0.3, 0.4) is 0 Å². The largest absolute Gasteiger partial charge is 0.290 e. The predicted octanol–water partition coefficient (Wildman–Crippen LogP) is 2.33. The summed E-state index contributed by atoms with van der Waals surface area (Å²) in [7, 11) is 0. The first-order valence-electron chi connectivity index (χ1n) is 5.05. The number of benzene rings is 1. The SMILES string of the molecule is O=C1C=CC2=Cc3ccccc3C(=O)C2=C1. The highest BCUT2D eigenvalue weighted by atomic mass is 16.1. The normalized spacial score (nSPS) is 17.5. The third-order valence-corrected chi connectivity index (χ3v) is 2.79. The summed E-state index contributed by atoms with van der Waals surface area (Å²) in [5, 5.41) is 0. The van der Waals surface area contributed by atoms with E-state index in [4.69, 9.17) is 0 Å². The van der Waals surface area contributed by atoms with Crippen molar-refractivity contribution in [3.8, 4) is 0 Å². The third kappa shape index (κ3) is 1.20. The van der Waals surface area contributed by atoms with Crippen LogP contribution in [0.4, 0.5) is 0 Å². The maximum absolute atomic E-state index is 12.1. The quantitative estimate of drug-likeness (QED) is 0.655. The van der Waals surface area contributed by atoms with E-state index >= 15 is 0 Å². The minimum atomic E-state index is -0.125. The number of carbonyl (C=O) groups excluding carboxylic acids is 2. The van der Waals surface area contributed by atoms with E-state index in [0.29, 0.717) is 11.1 Å². The van der Waals surface area contributed by atoms with Gasteiger partial charge in [0.1, 0.15) is 0 Å². The Morgan fingerprint density at radius 2 is 1.69 bits per heavy atom. The molecule has 0 atom stereocenters. The molecule has 0 radical (unpaired) electrons. The van der Waals surface area contributed by atoms with E-state index in [2.05, 4.69) is 0 Å². The van der Waals surface area contributed by atoms with Gasteiger partial charge in [-0.1, -0.05) is 30.3 Å². The average molecular weight is 208 g/mol. The molecule has 0 amide bonds. The van der Waals surface area contributed by atoms with E-state index in [1.165, 1.54) is 12.2 Å². The molecule has 16 heavy (non-hydrogen) atoms. The predicted molar refractivity (Wildman–Crippen MR) is 61.0 cm³/mol. The standard InChI is InChI=1S/C14H8O2/c15-11-6-5-10-7-9-3-1-2-4-12(9)14(16)13(10)8-11/h1-8H. The first-order valence-corrected chi connectivity index (χ1v) is 5.05. The lowest BCUT2D eigenvalue weighted by Crippen LogP contribution is -2.14. The van der Waals surface area contributed by atoms with Gasteiger partial charge in [-0.3, -0.25) is 9.59 Å². The number of ketones is 2. The topological polar surface area (TPSA) is 34.1 Å². The molecule has 2 heteroatoms. The summed E-state index contributed by atoms with van der Waals surface area (Å²) >= 11 is 0. The highest BCUT2D eigenvalue weighted by molar-refractivity contribution is 6.22. The van der Waals surface area contributed by atoms with E-state index in [9.17, 15) is 9.59 Å². The highest BCUT2D eigenvalue weighted by Crippen LogP contribution is 2.30. The van der Waals surface area contributed by atoms with Gasteiger partial charge in [-0.15, -0.1) is 0 Å². The van der Waals surface area contributed by atoms with Crippen LogP contribution in [0.5, 0.6) is 0 Å². The Labute approximate surface area is 92.6 Å².